The van der Waals surface area contributed by atoms with Crippen molar-refractivity contribution in [2.24, 2.45) is 0 Å². The highest BCUT2D eigenvalue weighted by atomic mass is 32.2. The molecule has 2 aromatic rings. The second-order valence-electron chi connectivity index (χ2n) is 3.83. The van der Waals surface area contributed by atoms with Gasteiger partial charge in [0.15, 0.2) is 0 Å². The monoisotopic (exact) mass is 295 g/mol. The lowest BCUT2D eigenvalue weighted by molar-refractivity contribution is 0.0696. The van der Waals surface area contributed by atoms with Crippen molar-refractivity contribution in [3.63, 3.8) is 0 Å². The van der Waals surface area contributed by atoms with E-state index in [0.29, 0.717) is 0 Å². The Morgan fingerprint density at radius 1 is 1.15 bits per heavy atom. The van der Waals surface area contributed by atoms with Crippen LogP contribution in [-0.4, -0.2) is 29.0 Å². The van der Waals surface area contributed by atoms with Gasteiger partial charge in [0, 0.05) is 12.4 Å². The summed E-state index contributed by atoms with van der Waals surface area (Å²) < 4.78 is 29.6. The van der Waals surface area contributed by atoms with Gasteiger partial charge in [0.25, 0.3) is 10.1 Å². The smallest absolute Gasteiger partial charge is 0.337 e. The highest BCUT2D eigenvalue weighted by Crippen LogP contribution is 2.08. The highest BCUT2D eigenvalue weighted by Gasteiger charge is 2.06. The number of carboxylic acids is 1. The first-order valence-electron chi connectivity index (χ1n) is 5.48. The van der Waals surface area contributed by atoms with Gasteiger partial charge in [-0.05, 0) is 31.2 Å². The summed E-state index contributed by atoms with van der Waals surface area (Å²) in [5, 5.41) is 8.34. The molecule has 0 spiro atoms. The summed E-state index contributed by atoms with van der Waals surface area (Å²) in [7, 11) is -4.02. The number of hydrogen-bond acceptors (Lipinski definition) is 4. The van der Waals surface area contributed by atoms with Crippen LogP contribution in [0.2, 0.25) is 0 Å². The molecule has 0 unspecified atom stereocenters. The Labute approximate surface area is 116 Å². The SMILES string of the molecule is Cc1ccc(S(=O)(=O)O)cc1.O=C(O)c1cccnc1. The van der Waals surface area contributed by atoms with E-state index in [4.69, 9.17) is 9.66 Å². The topological polar surface area (TPSA) is 105 Å². The Morgan fingerprint density at radius 2 is 1.75 bits per heavy atom. The van der Waals surface area contributed by atoms with Crippen LogP contribution in [0, 0.1) is 6.92 Å². The van der Waals surface area contributed by atoms with E-state index >= 15 is 0 Å². The van der Waals surface area contributed by atoms with E-state index < -0.39 is 16.1 Å². The Hall–Kier alpha value is -2.25. The number of nitrogens with zero attached hydrogens (tertiary/aromatic N) is 1. The first kappa shape index (κ1) is 15.8. The summed E-state index contributed by atoms with van der Waals surface area (Å²) in [5.41, 5.74) is 1.18. The summed E-state index contributed by atoms with van der Waals surface area (Å²) in [4.78, 5) is 13.7. The molecule has 1 aromatic carbocycles. The Kier molecular flexibility index (Phi) is 5.36. The maximum atomic E-state index is 10.5. The molecule has 0 amide bonds. The van der Waals surface area contributed by atoms with Crippen LogP contribution in [0.5, 0.6) is 0 Å². The molecule has 2 N–H and O–H groups in total. The van der Waals surface area contributed by atoms with E-state index in [1.165, 1.54) is 30.6 Å². The van der Waals surface area contributed by atoms with Crippen molar-refractivity contribution < 1.29 is 22.9 Å². The van der Waals surface area contributed by atoms with Crippen molar-refractivity contribution in [1.29, 1.82) is 0 Å². The van der Waals surface area contributed by atoms with Gasteiger partial charge in [0.1, 0.15) is 0 Å². The number of aromatic nitrogens is 1. The average molecular weight is 295 g/mol. The molecule has 20 heavy (non-hydrogen) atoms. The quantitative estimate of drug-likeness (QED) is 0.821. The van der Waals surface area contributed by atoms with E-state index in [9.17, 15) is 13.2 Å². The van der Waals surface area contributed by atoms with Gasteiger partial charge in [0.05, 0.1) is 10.5 Å². The van der Waals surface area contributed by atoms with E-state index in [-0.39, 0.29) is 10.5 Å². The minimum absolute atomic E-state index is 0.0666. The zero-order valence-corrected chi connectivity index (χ0v) is 11.4. The third-order valence-corrected chi connectivity index (χ3v) is 3.10. The summed E-state index contributed by atoms with van der Waals surface area (Å²) >= 11 is 0. The molecule has 2 rings (SSSR count). The van der Waals surface area contributed by atoms with Gasteiger partial charge in [0.2, 0.25) is 0 Å². The third-order valence-electron chi connectivity index (χ3n) is 2.23. The zero-order valence-electron chi connectivity index (χ0n) is 10.6. The first-order valence-corrected chi connectivity index (χ1v) is 6.92. The molecule has 0 fully saturated rings. The number of carboxylic acid groups (broad SMARTS) is 1. The molecule has 1 aromatic heterocycles. The van der Waals surface area contributed by atoms with E-state index in [2.05, 4.69) is 4.98 Å². The third kappa shape index (κ3) is 5.17. The predicted octanol–water partition coefficient (Wildman–Crippen LogP) is 2.02. The molecular weight excluding hydrogens is 282 g/mol. The number of pyridine rings is 1. The molecule has 0 atom stereocenters. The predicted molar refractivity (Wildman–Crippen MR) is 72.2 cm³/mol. The molecule has 0 saturated carbocycles. The summed E-state index contributed by atoms with van der Waals surface area (Å²) in [6.45, 7) is 1.84. The molecule has 7 heteroatoms. The molecule has 1 heterocycles. The van der Waals surface area contributed by atoms with Crippen LogP contribution >= 0.6 is 0 Å². The molecule has 0 radical (unpaired) electrons. The van der Waals surface area contributed by atoms with Crippen molar-refractivity contribution in [1.82, 2.24) is 4.98 Å². The lowest BCUT2D eigenvalue weighted by atomic mass is 10.2. The van der Waals surface area contributed by atoms with Crippen LogP contribution in [0.3, 0.4) is 0 Å². The molecular formula is C13H13NO5S. The number of hydrogen-bond donors (Lipinski definition) is 2. The molecule has 0 aliphatic heterocycles. The largest absolute Gasteiger partial charge is 0.478 e. The van der Waals surface area contributed by atoms with E-state index in [1.54, 1.807) is 18.2 Å². The van der Waals surface area contributed by atoms with Gasteiger partial charge < -0.3 is 5.11 Å². The number of benzene rings is 1. The summed E-state index contributed by atoms with van der Waals surface area (Å²) in [5.74, 6) is -0.942. The maximum Gasteiger partial charge on any atom is 0.337 e. The fourth-order valence-electron chi connectivity index (χ4n) is 1.20. The van der Waals surface area contributed by atoms with Crippen LogP contribution in [-0.2, 0) is 10.1 Å². The van der Waals surface area contributed by atoms with Gasteiger partial charge in [-0.3, -0.25) is 9.54 Å². The van der Waals surface area contributed by atoms with Crippen molar-refractivity contribution in [2.45, 2.75) is 11.8 Å². The Bertz CT molecular complexity index is 666. The fourth-order valence-corrected chi connectivity index (χ4v) is 1.68. The lowest BCUT2D eigenvalue weighted by Crippen LogP contribution is -1.96. The molecule has 0 aliphatic rings. The molecule has 6 nitrogen and oxygen atoms in total. The standard InChI is InChI=1S/C7H8O3S.C6H5NO2/c1-6-2-4-7(5-3-6)11(8,9)10;8-6(9)5-2-1-3-7-4-5/h2-5H,1H3,(H,8,9,10);1-4H,(H,8,9). The van der Waals surface area contributed by atoms with Crippen molar-refractivity contribution in [3.8, 4) is 0 Å². The summed E-state index contributed by atoms with van der Waals surface area (Å²) in [6.07, 6.45) is 2.84. The number of rotatable bonds is 2. The zero-order chi connectivity index (χ0) is 15.2. The molecule has 0 saturated heterocycles. The normalized spacial score (nSPS) is 10.3. The van der Waals surface area contributed by atoms with E-state index in [1.807, 2.05) is 6.92 Å². The van der Waals surface area contributed by atoms with Crippen LogP contribution in [0.25, 0.3) is 0 Å². The van der Waals surface area contributed by atoms with Gasteiger partial charge in [-0.2, -0.15) is 8.42 Å². The second-order valence-corrected chi connectivity index (χ2v) is 5.26. The van der Waals surface area contributed by atoms with Gasteiger partial charge in [-0.25, -0.2) is 4.79 Å². The second kappa shape index (κ2) is 6.78. The van der Waals surface area contributed by atoms with Crippen LogP contribution in [0.1, 0.15) is 15.9 Å². The number of aromatic carboxylic acids is 1. The van der Waals surface area contributed by atoms with Crippen molar-refractivity contribution in [3.05, 3.63) is 59.9 Å². The fraction of sp³-hybridized carbons (Fsp3) is 0.0769. The maximum absolute atomic E-state index is 10.5. The highest BCUT2D eigenvalue weighted by molar-refractivity contribution is 7.85. The Morgan fingerprint density at radius 3 is 2.10 bits per heavy atom. The van der Waals surface area contributed by atoms with Crippen LogP contribution in [0.15, 0.2) is 53.7 Å². The molecule has 106 valence electrons. The molecule has 0 bridgehead atoms. The van der Waals surface area contributed by atoms with Gasteiger partial charge in [-0.1, -0.05) is 17.7 Å². The number of aryl methyl sites for hydroxylation is 1. The lowest BCUT2D eigenvalue weighted by Gasteiger charge is -1.95. The van der Waals surface area contributed by atoms with E-state index in [0.717, 1.165) is 5.56 Å². The van der Waals surface area contributed by atoms with Gasteiger partial charge >= 0.3 is 5.97 Å². The van der Waals surface area contributed by atoms with Crippen LogP contribution in [0.4, 0.5) is 0 Å². The van der Waals surface area contributed by atoms with Crippen molar-refractivity contribution in [2.75, 3.05) is 0 Å². The molecule has 0 aliphatic carbocycles. The van der Waals surface area contributed by atoms with Crippen LogP contribution < -0.4 is 0 Å². The van der Waals surface area contributed by atoms with Crippen molar-refractivity contribution >= 4 is 16.1 Å². The average Bonchev–Trinajstić information content (AvgIpc) is 2.40. The number of carbonyl (C=O) groups is 1. The first-order chi connectivity index (χ1) is 9.30. The summed E-state index contributed by atoms with van der Waals surface area (Å²) in [6, 6.07) is 9.07. The Balaban J connectivity index is 0.000000204. The minimum atomic E-state index is -4.02. The van der Waals surface area contributed by atoms with Gasteiger partial charge in [-0.15, -0.1) is 0 Å². The minimum Gasteiger partial charge on any atom is -0.478 e.